The molecule has 5 heteroatoms. The Morgan fingerprint density at radius 3 is 3.05 bits per heavy atom. The van der Waals surface area contributed by atoms with Crippen molar-refractivity contribution in [3.05, 3.63) is 36.4 Å². The number of carbonyl (C=O) groups is 1. The van der Waals surface area contributed by atoms with Gasteiger partial charge in [0.25, 0.3) is 5.91 Å². The normalized spacial score (nSPS) is 17.6. The Morgan fingerprint density at radius 2 is 2.40 bits per heavy atom. The number of ether oxygens (including phenoxy) is 2. The lowest BCUT2D eigenvalue weighted by atomic mass is 10.1. The van der Waals surface area contributed by atoms with Gasteiger partial charge in [-0.2, -0.15) is 0 Å². The van der Waals surface area contributed by atoms with Gasteiger partial charge in [-0.05, 0) is 31.2 Å². The fourth-order valence-corrected chi connectivity index (χ4v) is 2.12. The molecule has 0 bridgehead atoms. The van der Waals surface area contributed by atoms with Crippen LogP contribution in [-0.4, -0.2) is 38.8 Å². The highest BCUT2D eigenvalue weighted by Gasteiger charge is 2.18. The molecule has 1 fully saturated rings. The van der Waals surface area contributed by atoms with Crippen LogP contribution in [0.1, 0.15) is 16.8 Å². The molecular formula is C15H20N2O3. The number of amides is 1. The first kappa shape index (κ1) is 14.4. The number of nitrogens with one attached hydrogen (secondary N) is 2. The Kier molecular flexibility index (Phi) is 5.01. The molecule has 1 aliphatic heterocycles. The third-order valence-corrected chi connectivity index (χ3v) is 3.18. The van der Waals surface area contributed by atoms with Crippen molar-refractivity contribution in [3.63, 3.8) is 0 Å². The van der Waals surface area contributed by atoms with Crippen LogP contribution in [-0.2, 0) is 0 Å². The summed E-state index contributed by atoms with van der Waals surface area (Å²) in [7, 11) is 1.55. The third-order valence-electron chi connectivity index (χ3n) is 3.18. The molecule has 0 aromatic heterocycles. The third kappa shape index (κ3) is 3.51. The van der Waals surface area contributed by atoms with Crippen molar-refractivity contribution in [2.45, 2.75) is 12.5 Å². The second-order valence-electron chi connectivity index (χ2n) is 4.63. The second-order valence-corrected chi connectivity index (χ2v) is 4.63. The summed E-state index contributed by atoms with van der Waals surface area (Å²) in [5.74, 6) is 1.06. The van der Waals surface area contributed by atoms with Gasteiger partial charge in [0.1, 0.15) is 6.61 Å². The SMILES string of the molecule is C=CCOc1ccc(C(=O)NC2CCNC2)cc1OC. The van der Waals surface area contributed by atoms with Crippen LogP contribution in [0.4, 0.5) is 0 Å². The minimum atomic E-state index is -0.0905. The van der Waals surface area contributed by atoms with Crippen LogP contribution >= 0.6 is 0 Å². The highest BCUT2D eigenvalue weighted by molar-refractivity contribution is 5.95. The standard InChI is InChI=1S/C15H20N2O3/c1-3-8-20-13-5-4-11(9-14(13)19-2)15(18)17-12-6-7-16-10-12/h3-5,9,12,16H,1,6-8,10H2,2H3,(H,17,18). The van der Waals surface area contributed by atoms with E-state index in [0.717, 1.165) is 19.5 Å². The molecule has 1 atom stereocenters. The molecule has 2 rings (SSSR count). The van der Waals surface area contributed by atoms with E-state index < -0.39 is 0 Å². The maximum Gasteiger partial charge on any atom is 0.251 e. The second kappa shape index (κ2) is 6.96. The Balaban J connectivity index is 2.07. The molecule has 0 radical (unpaired) electrons. The summed E-state index contributed by atoms with van der Waals surface area (Å²) in [4.78, 5) is 12.1. The largest absolute Gasteiger partial charge is 0.493 e. The minimum Gasteiger partial charge on any atom is -0.493 e. The Bertz CT molecular complexity index is 482. The molecule has 1 heterocycles. The maximum atomic E-state index is 12.1. The summed E-state index contributed by atoms with van der Waals surface area (Å²) in [6, 6.07) is 5.36. The maximum absolute atomic E-state index is 12.1. The highest BCUT2D eigenvalue weighted by atomic mass is 16.5. The summed E-state index contributed by atoms with van der Waals surface area (Å²) in [6.07, 6.45) is 2.62. The lowest BCUT2D eigenvalue weighted by Crippen LogP contribution is -2.36. The van der Waals surface area contributed by atoms with Gasteiger partial charge >= 0.3 is 0 Å². The fourth-order valence-electron chi connectivity index (χ4n) is 2.12. The van der Waals surface area contributed by atoms with E-state index in [-0.39, 0.29) is 11.9 Å². The van der Waals surface area contributed by atoms with E-state index >= 15 is 0 Å². The predicted molar refractivity (Wildman–Crippen MR) is 77.4 cm³/mol. The number of rotatable bonds is 6. The minimum absolute atomic E-state index is 0.0905. The molecule has 0 spiro atoms. The zero-order chi connectivity index (χ0) is 14.4. The van der Waals surface area contributed by atoms with Gasteiger partial charge in [-0.3, -0.25) is 4.79 Å². The number of benzene rings is 1. The molecule has 1 unspecified atom stereocenters. The molecule has 0 aliphatic carbocycles. The van der Waals surface area contributed by atoms with Gasteiger partial charge in [0.2, 0.25) is 0 Å². The monoisotopic (exact) mass is 276 g/mol. The van der Waals surface area contributed by atoms with Crippen LogP contribution in [0.25, 0.3) is 0 Å². The van der Waals surface area contributed by atoms with Crippen molar-refractivity contribution in [2.75, 3.05) is 26.8 Å². The average Bonchev–Trinajstić information content (AvgIpc) is 2.97. The van der Waals surface area contributed by atoms with Crippen molar-refractivity contribution in [3.8, 4) is 11.5 Å². The topological polar surface area (TPSA) is 59.6 Å². The first-order valence-corrected chi connectivity index (χ1v) is 6.68. The van der Waals surface area contributed by atoms with E-state index in [1.807, 2.05) is 0 Å². The van der Waals surface area contributed by atoms with Crippen LogP contribution < -0.4 is 20.1 Å². The Hall–Kier alpha value is -2.01. The number of carbonyl (C=O) groups excluding carboxylic acids is 1. The lowest BCUT2D eigenvalue weighted by Gasteiger charge is -2.13. The number of methoxy groups -OCH3 is 1. The zero-order valence-corrected chi connectivity index (χ0v) is 11.6. The fraction of sp³-hybridized carbons (Fsp3) is 0.400. The lowest BCUT2D eigenvalue weighted by molar-refractivity contribution is 0.0939. The predicted octanol–water partition coefficient (Wildman–Crippen LogP) is 1.35. The van der Waals surface area contributed by atoms with Gasteiger partial charge in [0, 0.05) is 18.2 Å². The van der Waals surface area contributed by atoms with Crippen molar-refractivity contribution >= 4 is 5.91 Å². The molecular weight excluding hydrogens is 256 g/mol. The van der Waals surface area contributed by atoms with Crippen molar-refractivity contribution in [1.82, 2.24) is 10.6 Å². The Labute approximate surface area is 119 Å². The Morgan fingerprint density at radius 1 is 1.55 bits per heavy atom. The number of hydrogen-bond donors (Lipinski definition) is 2. The molecule has 0 saturated carbocycles. The molecule has 108 valence electrons. The molecule has 5 nitrogen and oxygen atoms in total. The van der Waals surface area contributed by atoms with Crippen LogP contribution in [0.15, 0.2) is 30.9 Å². The average molecular weight is 276 g/mol. The van der Waals surface area contributed by atoms with Crippen LogP contribution in [0, 0.1) is 0 Å². The number of hydrogen-bond acceptors (Lipinski definition) is 4. The molecule has 1 saturated heterocycles. The first-order chi connectivity index (χ1) is 9.74. The highest BCUT2D eigenvalue weighted by Crippen LogP contribution is 2.28. The van der Waals surface area contributed by atoms with Gasteiger partial charge in [-0.25, -0.2) is 0 Å². The quantitative estimate of drug-likeness (QED) is 0.770. The molecule has 2 N–H and O–H groups in total. The van der Waals surface area contributed by atoms with E-state index in [1.165, 1.54) is 0 Å². The van der Waals surface area contributed by atoms with Gasteiger partial charge < -0.3 is 20.1 Å². The van der Waals surface area contributed by atoms with E-state index in [0.29, 0.717) is 23.7 Å². The molecule has 20 heavy (non-hydrogen) atoms. The molecule has 1 aromatic rings. The van der Waals surface area contributed by atoms with Gasteiger partial charge in [0.15, 0.2) is 11.5 Å². The summed E-state index contributed by atoms with van der Waals surface area (Å²) in [5, 5.41) is 6.21. The molecule has 1 aromatic carbocycles. The van der Waals surface area contributed by atoms with E-state index in [1.54, 1.807) is 31.4 Å². The van der Waals surface area contributed by atoms with Gasteiger partial charge in [-0.1, -0.05) is 12.7 Å². The van der Waals surface area contributed by atoms with Crippen molar-refractivity contribution in [2.24, 2.45) is 0 Å². The van der Waals surface area contributed by atoms with Crippen LogP contribution in [0.5, 0.6) is 11.5 Å². The summed E-state index contributed by atoms with van der Waals surface area (Å²) >= 11 is 0. The van der Waals surface area contributed by atoms with Crippen molar-refractivity contribution in [1.29, 1.82) is 0 Å². The van der Waals surface area contributed by atoms with E-state index in [2.05, 4.69) is 17.2 Å². The van der Waals surface area contributed by atoms with Gasteiger partial charge in [0.05, 0.1) is 7.11 Å². The zero-order valence-electron chi connectivity index (χ0n) is 11.6. The summed E-state index contributed by atoms with van der Waals surface area (Å²) in [6.45, 7) is 5.77. The van der Waals surface area contributed by atoms with Gasteiger partial charge in [-0.15, -0.1) is 0 Å². The first-order valence-electron chi connectivity index (χ1n) is 6.68. The van der Waals surface area contributed by atoms with Crippen LogP contribution in [0.3, 0.4) is 0 Å². The van der Waals surface area contributed by atoms with E-state index in [4.69, 9.17) is 9.47 Å². The van der Waals surface area contributed by atoms with E-state index in [9.17, 15) is 4.79 Å². The van der Waals surface area contributed by atoms with Crippen molar-refractivity contribution < 1.29 is 14.3 Å². The molecule has 1 amide bonds. The summed E-state index contributed by atoms with van der Waals surface area (Å²) in [5.41, 5.74) is 0.569. The van der Waals surface area contributed by atoms with Crippen LogP contribution in [0.2, 0.25) is 0 Å². The smallest absolute Gasteiger partial charge is 0.251 e. The summed E-state index contributed by atoms with van der Waals surface area (Å²) < 4.78 is 10.7. The molecule has 1 aliphatic rings.